The number of hydrogen-bond acceptors (Lipinski definition) is 3. The molecule has 5 nitrogen and oxygen atoms in total. The highest BCUT2D eigenvalue weighted by molar-refractivity contribution is 5.81. The number of rotatable bonds is 1. The molecule has 0 aromatic carbocycles. The lowest BCUT2D eigenvalue weighted by molar-refractivity contribution is -0.142. The summed E-state index contributed by atoms with van der Waals surface area (Å²) in [6.07, 6.45) is -0.0513. The van der Waals surface area contributed by atoms with Gasteiger partial charge in [0.2, 0.25) is 0 Å². The number of carboxylic acid groups (broad SMARTS) is 1. The maximum absolute atomic E-state index is 12.1. The van der Waals surface area contributed by atoms with Crippen molar-refractivity contribution in [1.82, 2.24) is 4.90 Å². The van der Waals surface area contributed by atoms with Gasteiger partial charge in [0, 0.05) is 6.54 Å². The molecule has 5 heteroatoms. The molecule has 19 heavy (non-hydrogen) atoms. The van der Waals surface area contributed by atoms with Gasteiger partial charge in [-0.1, -0.05) is 20.8 Å². The molecule has 1 saturated heterocycles. The van der Waals surface area contributed by atoms with Crippen LogP contribution >= 0.6 is 0 Å². The molecule has 1 fully saturated rings. The average Bonchev–Trinajstić information content (AvgIpc) is 2.57. The molecule has 0 spiro atoms. The number of hydrogen-bond donors (Lipinski definition) is 1. The largest absolute Gasteiger partial charge is 0.480 e. The second-order valence-corrected chi connectivity index (χ2v) is 7.29. The number of carboxylic acids is 1. The van der Waals surface area contributed by atoms with E-state index in [2.05, 4.69) is 20.8 Å². The summed E-state index contributed by atoms with van der Waals surface area (Å²) in [4.78, 5) is 24.7. The highest BCUT2D eigenvalue weighted by Crippen LogP contribution is 2.37. The predicted octanol–water partition coefficient (Wildman–Crippen LogP) is 2.74. The van der Waals surface area contributed by atoms with Crippen molar-refractivity contribution >= 4 is 12.1 Å². The van der Waals surface area contributed by atoms with E-state index in [1.54, 1.807) is 20.8 Å². The highest BCUT2D eigenvalue weighted by Gasteiger charge is 2.45. The highest BCUT2D eigenvalue weighted by atomic mass is 16.6. The molecule has 1 heterocycles. The third kappa shape index (κ3) is 4.11. The Morgan fingerprint density at radius 3 is 2.05 bits per heavy atom. The lowest BCUT2D eigenvalue weighted by Gasteiger charge is -2.28. The van der Waals surface area contributed by atoms with E-state index in [-0.39, 0.29) is 11.3 Å². The number of carbonyl (C=O) groups is 2. The molecule has 0 aromatic rings. The van der Waals surface area contributed by atoms with Gasteiger partial charge >= 0.3 is 12.1 Å². The lowest BCUT2D eigenvalue weighted by atomic mass is 9.79. The van der Waals surface area contributed by atoms with Crippen LogP contribution < -0.4 is 0 Å². The van der Waals surface area contributed by atoms with Gasteiger partial charge in [0.1, 0.15) is 11.6 Å². The van der Waals surface area contributed by atoms with Crippen LogP contribution in [0.1, 0.15) is 48.0 Å². The minimum Gasteiger partial charge on any atom is -0.480 e. The van der Waals surface area contributed by atoms with Gasteiger partial charge in [-0.15, -0.1) is 0 Å². The standard InChI is InChI=1S/C14H25NO4/c1-13(2,3)9-7-10(11(16)17)15(8-9)12(18)19-14(4,5)6/h9-10H,7-8H2,1-6H3,(H,16,17)/t9?,10-/m0/s1. The molecular weight excluding hydrogens is 246 g/mol. The third-order valence-corrected chi connectivity index (χ3v) is 3.44. The molecule has 1 aliphatic rings. The van der Waals surface area contributed by atoms with Gasteiger partial charge in [-0.3, -0.25) is 4.90 Å². The number of amides is 1. The van der Waals surface area contributed by atoms with Gasteiger partial charge in [0.15, 0.2) is 0 Å². The van der Waals surface area contributed by atoms with Crippen LogP contribution in [-0.4, -0.2) is 40.3 Å². The summed E-state index contributed by atoms with van der Waals surface area (Å²) >= 11 is 0. The van der Waals surface area contributed by atoms with E-state index in [0.717, 1.165) is 0 Å². The van der Waals surface area contributed by atoms with Crippen molar-refractivity contribution in [3.63, 3.8) is 0 Å². The van der Waals surface area contributed by atoms with Gasteiger partial charge in [0.25, 0.3) is 0 Å². The van der Waals surface area contributed by atoms with E-state index < -0.39 is 23.7 Å². The molecule has 0 aromatic heterocycles. The van der Waals surface area contributed by atoms with Crippen LogP contribution in [0.25, 0.3) is 0 Å². The normalized spacial score (nSPS) is 24.4. The van der Waals surface area contributed by atoms with E-state index in [9.17, 15) is 14.7 Å². The van der Waals surface area contributed by atoms with E-state index >= 15 is 0 Å². The van der Waals surface area contributed by atoms with Crippen LogP contribution in [0.2, 0.25) is 0 Å². The fraction of sp³-hybridized carbons (Fsp3) is 0.857. The smallest absolute Gasteiger partial charge is 0.411 e. The van der Waals surface area contributed by atoms with Crippen LogP contribution in [0.4, 0.5) is 4.79 Å². The molecule has 0 radical (unpaired) electrons. The van der Waals surface area contributed by atoms with Crippen molar-refractivity contribution in [2.45, 2.75) is 59.6 Å². The van der Waals surface area contributed by atoms with Crippen molar-refractivity contribution < 1.29 is 19.4 Å². The molecule has 0 saturated carbocycles. The molecule has 2 atom stereocenters. The zero-order valence-corrected chi connectivity index (χ0v) is 12.7. The first-order chi connectivity index (χ1) is 8.42. The summed E-state index contributed by atoms with van der Waals surface area (Å²) in [5.74, 6) is -0.793. The quantitative estimate of drug-likeness (QED) is 0.796. The summed E-state index contributed by atoms with van der Waals surface area (Å²) in [6, 6.07) is -0.779. The first-order valence-corrected chi connectivity index (χ1v) is 6.64. The van der Waals surface area contributed by atoms with E-state index in [4.69, 9.17) is 4.74 Å². The Balaban J connectivity index is 2.86. The SMILES string of the molecule is CC(C)(C)OC(=O)N1CC(C(C)(C)C)C[C@H]1C(=O)O. The Hall–Kier alpha value is -1.26. The molecule has 1 unspecified atom stereocenters. The first-order valence-electron chi connectivity index (χ1n) is 6.64. The van der Waals surface area contributed by atoms with Gasteiger partial charge in [0.05, 0.1) is 0 Å². The summed E-state index contributed by atoms with van der Waals surface area (Å²) in [6.45, 7) is 12.0. The Bertz CT molecular complexity index is 365. The summed E-state index contributed by atoms with van der Waals surface area (Å²) in [5.41, 5.74) is -0.635. The molecule has 0 bridgehead atoms. The van der Waals surface area contributed by atoms with Crippen molar-refractivity contribution in [2.75, 3.05) is 6.54 Å². The number of aliphatic carboxylic acids is 1. The predicted molar refractivity (Wildman–Crippen MR) is 71.9 cm³/mol. The zero-order chi connectivity index (χ0) is 15.0. The zero-order valence-electron chi connectivity index (χ0n) is 12.7. The number of ether oxygens (including phenoxy) is 1. The molecule has 1 aliphatic heterocycles. The molecule has 1 N–H and O–H groups in total. The van der Waals surface area contributed by atoms with Gasteiger partial charge in [-0.05, 0) is 38.5 Å². The van der Waals surface area contributed by atoms with Crippen molar-refractivity contribution in [3.8, 4) is 0 Å². The fourth-order valence-corrected chi connectivity index (χ4v) is 2.22. The number of carbonyl (C=O) groups excluding carboxylic acids is 1. The van der Waals surface area contributed by atoms with Crippen molar-refractivity contribution in [3.05, 3.63) is 0 Å². The first kappa shape index (κ1) is 15.8. The van der Waals surface area contributed by atoms with Crippen LogP contribution in [0.3, 0.4) is 0 Å². The molecule has 0 aliphatic carbocycles. The summed E-state index contributed by atoms with van der Waals surface area (Å²) < 4.78 is 5.29. The summed E-state index contributed by atoms with van der Waals surface area (Å²) in [7, 11) is 0. The maximum atomic E-state index is 12.1. The molecule has 1 amide bonds. The number of nitrogens with zero attached hydrogens (tertiary/aromatic N) is 1. The topological polar surface area (TPSA) is 66.8 Å². The number of likely N-dealkylation sites (tertiary alicyclic amines) is 1. The van der Waals surface area contributed by atoms with E-state index in [0.29, 0.717) is 13.0 Å². The monoisotopic (exact) mass is 271 g/mol. The van der Waals surface area contributed by atoms with Crippen LogP contribution in [0.5, 0.6) is 0 Å². The Kier molecular flexibility index (Phi) is 4.17. The Morgan fingerprint density at radius 1 is 1.16 bits per heavy atom. The van der Waals surface area contributed by atoms with Gasteiger partial charge in [-0.2, -0.15) is 0 Å². The Labute approximate surface area is 114 Å². The third-order valence-electron chi connectivity index (χ3n) is 3.44. The van der Waals surface area contributed by atoms with Crippen LogP contribution in [0, 0.1) is 11.3 Å². The van der Waals surface area contributed by atoms with Crippen LogP contribution in [-0.2, 0) is 9.53 Å². The fourth-order valence-electron chi connectivity index (χ4n) is 2.22. The van der Waals surface area contributed by atoms with Gasteiger partial charge in [-0.25, -0.2) is 9.59 Å². The van der Waals surface area contributed by atoms with E-state index in [1.165, 1.54) is 4.90 Å². The van der Waals surface area contributed by atoms with Gasteiger partial charge < -0.3 is 9.84 Å². The lowest BCUT2D eigenvalue weighted by Crippen LogP contribution is -2.43. The molecule has 110 valence electrons. The maximum Gasteiger partial charge on any atom is 0.411 e. The van der Waals surface area contributed by atoms with Crippen molar-refractivity contribution in [2.24, 2.45) is 11.3 Å². The second-order valence-electron chi connectivity index (χ2n) is 7.29. The van der Waals surface area contributed by atoms with Crippen LogP contribution in [0.15, 0.2) is 0 Å². The molecule has 1 rings (SSSR count). The molecular formula is C14H25NO4. The second kappa shape index (κ2) is 5.02. The Morgan fingerprint density at radius 2 is 1.68 bits per heavy atom. The van der Waals surface area contributed by atoms with E-state index in [1.807, 2.05) is 0 Å². The minimum absolute atomic E-state index is 0.0234. The average molecular weight is 271 g/mol. The van der Waals surface area contributed by atoms with Crippen molar-refractivity contribution in [1.29, 1.82) is 0 Å². The minimum atomic E-state index is -0.961. The summed E-state index contributed by atoms with van der Waals surface area (Å²) in [5, 5.41) is 9.26.